The maximum absolute atomic E-state index is 13.4. The molecule has 0 unspecified atom stereocenters. The van der Waals surface area contributed by atoms with Gasteiger partial charge in [0.15, 0.2) is 0 Å². The average Bonchev–Trinajstić information content (AvgIpc) is 3.95. The second-order valence-electron chi connectivity index (χ2n) is 18.2. The monoisotopic (exact) mass is 813 g/mol. The summed E-state index contributed by atoms with van der Waals surface area (Å²) in [7, 11) is 0. The first-order valence-corrected chi connectivity index (χ1v) is 22.3. The molecule has 320 valence electrons. The van der Waals surface area contributed by atoms with E-state index in [2.05, 4.69) is 92.8 Å². The molecular formula is C52H68N4O4. The molecule has 0 aromatic rings. The topological polar surface area (TPSA) is 116 Å². The van der Waals surface area contributed by atoms with Crippen LogP contribution in [-0.2, 0) is 9.53 Å². The largest absolute Gasteiger partial charge is 0.511 e. The Morgan fingerprint density at radius 1 is 0.867 bits per heavy atom. The van der Waals surface area contributed by atoms with Crippen molar-refractivity contribution in [2.75, 3.05) is 6.61 Å². The minimum Gasteiger partial charge on any atom is -0.511 e. The molecule has 5 aliphatic heterocycles. The van der Waals surface area contributed by atoms with Crippen LogP contribution in [0.25, 0.3) is 0 Å². The summed E-state index contributed by atoms with van der Waals surface area (Å²) in [6.07, 6.45) is 16.9. The normalized spacial score (nSPS) is 22.3. The minimum absolute atomic E-state index is 0.00716. The fraction of sp³-hybridized carbons (Fsp3) is 0.500. The summed E-state index contributed by atoms with van der Waals surface area (Å²) in [6.45, 7) is 25.7. The van der Waals surface area contributed by atoms with E-state index in [0.29, 0.717) is 30.9 Å². The zero-order chi connectivity index (χ0) is 43.6. The third kappa shape index (κ3) is 9.39. The van der Waals surface area contributed by atoms with Crippen molar-refractivity contribution in [2.24, 2.45) is 32.7 Å². The minimum atomic E-state index is -0.726. The predicted octanol–water partition coefficient (Wildman–Crippen LogP) is 12.2. The molecule has 1 saturated heterocycles. The summed E-state index contributed by atoms with van der Waals surface area (Å²) in [5.74, 6) is 0.476. The maximum Gasteiger partial charge on any atom is 0.306 e. The lowest BCUT2D eigenvalue weighted by Gasteiger charge is -2.18. The number of rotatable bonds is 15. The zero-order valence-electron chi connectivity index (χ0n) is 38.3. The number of allylic oxidation sites excluding steroid dienone is 16. The van der Waals surface area contributed by atoms with Crippen LogP contribution in [0.4, 0.5) is 0 Å². The number of nitrogens with one attached hydrogen (secondary N) is 1. The molecule has 3 atom stereocenters. The summed E-state index contributed by atoms with van der Waals surface area (Å²) in [5.41, 5.74) is 18.8. The molecule has 0 spiro atoms. The number of aliphatic imine (C=N–C) groups is 3. The van der Waals surface area contributed by atoms with E-state index in [0.717, 1.165) is 117 Å². The van der Waals surface area contributed by atoms with E-state index in [1.807, 2.05) is 19.1 Å². The van der Waals surface area contributed by atoms with Gasteiger partial charge in [-0.15, -0.1) is 0 Å². The molecule has 60 heavy (non-hydrogen) atoms. The molecule has 1 fully saturated rings. The lowest BCUT2D eigenvalue weighted by Crippen LogP contribution is -2.16. The molecule has 0 amide bonds. The zero-order valence-corrected chi connectivity index (χ0v) is 38.3. The number of carbonyl (C=O) groups is 1. The van der Waals surface area contributed by atoms with E-state index >= 15 is 0 Å². The van der Waals surface area contributed by atoms with Gasteiger partial charge < -0.3 is 20.3 Å². The summed E-state index contributed by atoms with van der Waals surface area (Å²) in [6, 6.07) is 0. The second-order valence-corrected chi connectivity index (χ2v) is 18.2. The molecule has 1 aliphatic carbocycles. The van der Waals surface area contributed by atoms with Crippen LogP contribution in [0.2, 0.25) is 0 Å². The van der Waals surface area contributed by atoms with E-state index in [4.69, 9.17) is 19.7 Å². The van der Waals surface area contributed by atoms with Gasteiger partial charge in [-0.25, -0.2) is 15.0 Å². The van der Waals surface area contributed by atoms with Gasteiger partial charge in [-0.05, 0) is 152 Å². The van der Waals surface area contributed by atoms with Crippen LogP contribution in [0.3, 0.4) is 0 Å². The standard InChI is InChI=1S/C52H68N4O4/c1-13-37-42-27-43-39(24-29(4)5)32(8)41(53-43)26-44-47(36(12)57)34(10)50(55-44)35(11)49-33(9)38(51(56-49)40-25-45(58)48(37)52(40)54-42)20-21-46(59)60-23-22-31(7)19-15-18-30(6)17-14-16-28(2)3/h16,18,22,26-27,29,33,36,38,56-58H,13-15,17,19-21,23-25H2,1-12H3/t33-,36+,38-/m0/s1. The van der Waals surface area contributed by atoms with Gasteiger partial charge in [0.25, 0.3) is 0 Å². The Hall–Kier alpha value is -4.82. The predicted molar refractivity (Wildman–Crippen MR) is 248 cm³/mol. The highest BCUT2D eigenvalue weighted by molar-refractivity contribution is 6.21. The number of esters is 1. The highest BCUT2D eigenvalue weighted by Gasteiger charge is 2.43. The maximum atomic E-state index is 13.4. The number of hydrogen-bond donors (Lipinski definition) is 3. The van der Waals surface area contributed by atoms with Crippen LogP contribution in [0.15, 0.2) is 141 Å². The number of hydrogen-bond acceptors (Lipinski definition) is 8. The van der Waals surface area contributed by atoms with Crippen LogP contribution in [-0.4, -0.2) is 46.0 Å². The molecule has 8 heteroatoms. The molecule has 0 saturated carbocycles. The van der Waals surface area contributed by atoms with Gasteiger partial charge in [0.2, 0.25) is 0 Å². The Morgan fingerprint density at radius 3 is 2.23 bits per heavy atom. The van der Waals surface area contributed by atoms with Gasteiger partial charge in [-0.2, -0.15) is 0 Å². The first-order chi connectivity index (χ1) is 28.5. The molecular weight excluding hydrogens is 745 g/mol. The van der Waals surface area contributed by atoms with Gasteiger partial charge >= 0.3 is 5.97 Å². The van der Waals surface area contributed by atoms with Crippen molar-refractivity contribution in [1.82, 2.24) is 5.32 Å². The Morgan fingerprint density at radius 2 is 1.57 bits per heavy atom. The number of fused-ring (bicyclic) bond motifs is 5. The van der Waals surface area contributed by atoms with Crippen LogP contribution >= 0.6 is 0 Å². The van der Waals surface area contributed by atoms with Crippen molar-refractivity contribution < 1.29 is 19.7 Å². The van der Waals surface area contributed by atoms with E-state index in [9.17, 15) is 15.0 Å². The summed E-state index contributed by atoms with van der Waals surface area (Å²) >= 11 is 0. The van der Waals surface area contributed by atoms with Crippen LogP contribution in [0, 0.1) is 17.8 Å². The Kier molecular flexibility index (Phi) is 14.0. The molecule has 6 rings (SSSR count). The van der Waals surface area contributed by atoms with Gasteiger partial charge in [-0.1, -0.05) is 56.6 Å². The van der Waals surface area contributed by atoms with E-state index in [1.54, 1.807) is 6.92 Å². The first-order valence-electron chi connectivity index (χ1n) is 22.3. The molecule has 0 aromatic heterocycles. The third-order valence-corrected chi connectivity index (χ3v) is 12.8. The summed E-state index contributed by atoms with van der Waals surface area (Å²) < 4.78 is 5.79. The van der Waals surface area contributed by atoms with Gasteiger partial charge in [0.1, 0.15) is 12.4 Å². The summed E-state index contributed by atoms with van der Waals surface area (Å²) in [5, 5.41) is 26.7. The molecule has 3 N–H and O–H groups in total. The lowest BCUT2D eigenvalue weighted by atomic mass is 9.85. The molecule has 8 nitrogen and oxygen atoms in total. The fourth-order valence-corrected chi connectivity index (χ4v) is 9.50. The van der Waals surface area contributed by atoms with Crippen molar-refractivity contribution in [3.63, 3.8) is 0 Å². The van der Waals surface area contributed by atoms with Crippen LogP contribution in [0.5, 0.6) is 0 Å². The second kappa shape index (κ2) is 18.8. The van der Waals surface area contributed by atoms with Crippen molar-refractivity contribution in [2.45, 2.75) is 147 Å². The van der Waals surface area contributed by atoms with Crippen molar-refractivity contribution in [3.05, 3.63) is 126 Å². The van der Waals surface area contributed by atoms with E-state index in [-0.39, 0.29) is 30.8 Å². The SMILES string of the molecule is CCC1=C2C=C3N=C(C=C4N=C(C(C)=C5NC(=C6CC(O)=C1C6=N2)[C@@H](CCC(=O)OCC=C(C)CCC=C(C)CCC=C(C)C)[C@@H]5C)C(C)=C4[C@@H](C)O)C(C)=C3CC(C)C. The molecule has 8 bridgehead atoms. The summed E-state index contributed by atoms with van der Waals surface area (Å²) in [4.78, 5) is 29.1. The first kappa shape index (κ1) is 44.7. The van der Waals surface area contributed by atoms with Crippen molar-refractivity contribution in [1.29, 1.82) is 0 Å². The average molecular weight is 813 g/mol. The van der Waals surface area contributed by atoms with Gasteiger partial charge in [0, 0.05) is 52.8 Å². The Labute approximate surface area is 359 Å². The lowest BCUT2D eigenvalue weighted by molar-refractivity contribution is -0.142. The third-order valence-electron chi connectivity index (χ3n) is 12.8. The van der Waals surface area contributed by atoms with E-state index in [1.165, 1.54) is 22.3 Å². The fourth-order valence-electron chi connectivity index (χ4n) is 9.50. The number of aliphatic hydroxyl groups is 2. The van der Waals surface area contributed by atoms with E-state index < -0.39 is 6.10 Å². The van der Waals surface area contributed by atoms with Crippen LogP contribution in [0.1, 0.15) is 141 Å². The van der Waals surface area contributed by atoms with Gasteiger partial charge in [0.05, 0.1) is 40.3 Å². The molecule has 0 aromatic carbocycles. The number of carbonyl (C=O) groups excluding carboxylic acids is 1. The van der Waals surface area contributed by atoms with Crippen LogP contribution < -0.4 is 5.32 Å². The highest BCUT2D eigenvalue weighted by Crippen LogP contribution is 2.48. The Balaban J connectivity index is 1.32. The molecule has 5 heterocycles. The van der Waals surface area contributed by atoms with Gasteiger partial charge in [-0.3, -0.25) is 4.79 Å². The molecule has 6 aliphatic rings. The Bertz CT molecular complexity index is 2280. The molecule has 0 radical (unpaired) electrons. The smallest absolute Gasteiger partial charge is 0.306 e. The number of nitrogens with zero attached hydrogens (tertiary/aromatic N) is 3. The number of ether oxygens (including phenoxy) is 1. The van der Waals surface area contributed by atoms with Crippen molar-refractivity contribution >= 4 is 23.1 Å². The number of aliphatic hydroxyl groups excluding tert-OH is 2. The van der Waals surface area contributed by atoms with Crippen molar-refractivity contribution in [3.8, 4) is 0 Å². The highest BCUT2D eigenvalue weighted by atomic mass is 16.5. The quantitative estimate of drug-likeness (QED) is 0.112.